The van der Waals surface area contributed by atoms with Gasteiger partial charge in [-0.05, 0) is 37.8 Å². The summed E-state index contributed by atoms with van der Waals surface area (Å²) in [6, 6.07) is 4.30. The molecule has 2 saturated carbocycles. The highest BCUT2D eigenvalue weighted by Crippen LogP contribution is 2.31. The summed E-state index contributed by atoms with van der Waals surface area (Å²) >= 11 is 0. The lowest BCUT2D eigenvalue weighted by molar-refractivity contribution is 0.0447. The third-order valence-corrected chi connectivity index (χ3v) is 4.84. The van der Waals surface area contributed by atoms with Crippen molar-refractivity contribution in [1.82, 2.24) is 9.88 Å². The van der Waals surface area contributed by atoms with Crippen LogP contribution in [0.1, 0.15) is 67.9 Å². The van der Waals surface area contributed by atoms with E-state index in [-0.39, 0.29) is 5.91 Å². The Bertz CT molecular complexity index is 469. The maximum absolute atomic E-state index is 12.3. The predicted molar refractivity (Wildman–Crippen MR) is 77.7 cm³/mol. The smallest absolute Gasteiger partial charge is 0.268 e. The van der Waals surface area contributed by atoms with Crippen molar-refractivity contribution >= 4 is 5.91 Å². The van der Waals surface area contributed by atoms with E-state index in [1.807, 2.05) is 18.3 Å². The molecule has 0 saturated heterocycles. The van der Waals surface area contributed by atoms with Gasteiger partial charge in [-0.1, -0.05) is 25.7 Å². The highest BCUT2D eigenvalue weighted by Gasteiger charge is 2.31. The first kappa shape index (κ1) is 13.7. The lowest BCUT2D eigenvalue weighted by Crippen LogP contribution is -2.41. The molecule has 4 heteroatoms. The number of aromatic nitrogens is 1. The standard InChI is InChI=1S/C16H24N2O2/c19-15(17-12-16(20)9-3-4-10-16)14-8-5-11-18(14)13-6-1-2-7-13/h5,8,11,13,20H,1-4,6-7,9-10,12H2,(H,17,19). The van der Waals surface area contributed by atoms with Gasteiger partial charge in [-0.15, -0.1) is 0 Å². The predicted octanol–water partition coefficient (Wildman–Crippen LogP) is 2.64. The van der Waals surface area contributed by atoms with Gasteiger partial charge >= 0.3 is 0 Å². The summed E-state index contributed by atoms with van der Waals surface area (Å²) in [6.07, 6.45) is 10.6. The number of carbonyl (C=O) groups is 1. The first-order chi connectivity index (χ1) is 9.68. The molecule has 2 fully saturated rings. The molecule has 0 spiro atoms. The molecule has 2 N–H and O–H groups in total. The second kappa shape index (κ2) is 5.60. The summed E-state index contributed by atoms with van der Waals surface area (Å²) < 4.78 is 2.11. The fourth-order valence-corrected chi connectivity index (χ4v) is 3.63. The van der Waals surface area contributed by atoms with E-state index in [0.29, 0.717) is 12.6 Å². The Kier molecular flexibility index (Phi) is 3.83. The van der Waals surface area contributed by atoms with Gasteiger partial charge in [-0.25, -0.2) is 0 Å². The Morgan fingerprint density at radius 1 is 1.30 bits per heavy atom. The topological polar surface area (TPSA) is 54.3 Å². The molecule has 0 bridgehead atoms. The van der Waals surface area contributed by atoms with Crippen LogP contribution in [-0.2, 0) is 0 Å². The maximum atomic E-state index is 12.3. The van der Waals surface area contributed by atoms with E-state index in [1.54, 1.807) is 0 Å². The monoisotopic (exact) mass is 276 g/mol. The van der Waals surface area contributed by atoms with Gasteiger partial charge in [0.05, 0.1) is 5.60 Å². The molecule has 0 aliphatic heterocycles. The van der Waals surface area contributed by atoms with Crippen molar-refractivity contribution in [2.45, 2.75) is 63.0 Å². The zero-order chi connectivity index (χ0) is 14.0. The van der Waals surface area contributed by atoms with E-state index >= 15 is 0 Å². The van der Waals surface area contributed by atoms with Crippen LogP contribution in [0.5, 0.6) is 0 Å². The Morgan fingerprint density at radius 2 is 2.00 bits per heavy atom. The normalized spacial score (nSPS) is 22.2. The number of hydrogen-bond acceptors (Lipinski definition) is 2. The van der Waals surface area contributed by atoms with Crippen LogP contribution in [0.3, 0.4) is 0 Å². The van der Waals surface area contributed by atoms with Crippen molar-refractivity contribution in [2.24, 2.45) is 0 Å². The lowest BCUT2D eigenvalue weighted by atomic mass is 10.0. The number of carbonyl (C=O) groups excluding carboxylic acids is 1. The molecule has 110 valence electrons. The molecule has 1 amide bonds. The summed E-state index contributed by atoms with van der Waals surface area (Å²) in [5.74, 6) is -0.0535. The number of nitrogens with zero attached hydrogens (tertiary/aromatic N) is 1. The van der Waals surface area contributed by atoms with Gasteiger partial charge in [-0.3, -0.25) is 4.79 Å². The Morgan fingerprint density at radius 3 is 2.70 bits per heavy atom. The highest BCUT2D eigenvalue weighted by atomic mass is 16.3. The molecule has 3 rings (SSSR count). The van der Waals surface area contributed by atoms with Crippen LogP contribution in [0.2, 0.25) is 0 Å². The molecule has 2 aliphatic carbocycles. The molecular weight excluding hydrogens is 252 g/mol. The summed E-state index contributed by atoms with van der Waals surface area (Å²) in [7, 11) is 0. The van der Waals surface area contributed by atoms with Crippen molar-refractivity contribution in [1.29, 1.82) is 0 Å². The fourth-order valence-electron chi connectivity index (χ4n) is 3.63. The largest absolute Gasteiger partial charge is 0.388 e. The van der Waals surface area contributed by atoms with Crippen LogP contribution < -0.4 is 5.32 Å². The maximum Gasteiger partial charge on any atom is 0.268 e. The molecule has 1 aromatic rings. The number of amides is 1. The van der Waals surface area contributed by atoms with E-state index in [2.05, 4.69) is 9.88 Å². The van der Waals surface area contributed by atoms with Crippen LogP contribution >= 0.6 is 0 Å². The second-order valence-corrected chi connectivity index (χ2v) is 6.35. The van der Waals surface area contributed by atoms with Crippen molar-refractivity contribution in [3.8, 4) is 0 Å². The number of nitrogens with one attached hydrogen (secondary N) is 1. The number of aliphatic hydroxyl groups is 1. The molecule has 1 aromatic heterocycles. The van der Waals surface area contributed by atoms with E-state index in [9.17, 15) is 9.90 Å². The minimum atomic E-state index is -0.680. The number of hydrogen-bond donors (Lipinski definition) is 2. The van der Waals surface area contributed by atoms with E-state index in [4.69, 9.17) is 0 Å². The first-order valence-electron chi connectivity index (χ1n) is 7.85. The quantitative estimate of drug-likeness (QED) is 0.888. The first-order valence-corrected chi connectivity index (χ1v) is 7.85. The molecular formula is C16H24N2O2. The number of rotatable bonds is 4. The van der Waals surface area contributed by atoms with Crippen molar-refractivity contribution in [3.63, 3.8) is 0 Å². The third-order valence-electron chi connectivity index (χ3n) is 4.84. The van der Waals surface area contributed by atoms with Crippen molar-refractivity contribution in [2.75, 3.05) is 6.54 Å². The van der Waals surface area contributed by atoms with Gasteiger partial charge in [0.15, 0.2) is 0 Å². The molecule has 20 heavy (non-hydrogen) atoms. The van der Waals surface area contributed by atoms with E-state index < -0.39 is 5.60 Å². The lowest BCUT2D eigenvalue weighted by Gasteiger charge is -2.23. The molecule has 0 aromatic carbocycles. The summed E-state index contributed by atoms with van der Waals surface area (Å²) in [6.45, 7) is 0.377. The Labute approximate surface area is 120 Å². The van der Waals surface area contributed by atoms with Crippen LogP contribution in [0.4, 0.5) is 0 Å². The van der Waals surface area contributed by atoms with Crippen LogP contribution in [0, 0.1) is 0 Å². The Hall–Kier alpha value is -1.29. The SMILES string of the molecule is O=C(NCC1(O)CCCC1)c1cccn1C1CCCC1. The van der Waals surface area contributed by atoms with Gasteiger partial charge in [0.25, 0.3) is 5.91 Å². The average molecular weight is 276 g/mol. The minimum Gasteiger partial charge on any atom is -0.388 e. The fraction of sp³-hybridized carbons (Fsp3) is 0.688. The summed E-state index contributed by atoms with van der Waals surface area (Å²) in [5.41, 5.74) is 0.0546. The molecule has 2 aliphatic rings. The van der Waals surface area contributed by atoms with E-state index in [0.717, 1.165) is 31.4 Å². The molecule has 0 unspecified atom stereocenters. The molecule has 4 nitrogen and oxygen atoms in total. The summed E-state index contributed by atoms with van der Waals surface area (Å²) in [4.78, 5) is 12.3. The van der Waals surface area contributed by atoms with Crippen LogP contribution in [0.25, 0.3) is 0 Å². The van der Waals surface area contributed by atoms with Crippen LogP contribution in [0.15, 0.2) is 18.3 Å². The van der Waals surface area contributed by atoms with Gasteiger partial charge in [0.2, 0.25) is 0 Å². The van der Waals surface area contributed by atoms with Gasteiger partial charge < -0.3 is 15.0 Å². The minimum absolute atomic E-state index is 0.0535. The Balaban J connectivity index is 1.63. The zero-order valence-electron chi connectivity index (χ0n) is 12.0. The highest BCUT2D eigenvalue weighted by molar-refractivity contribution is 5.92. The van der Waals surface area contributed by atoms with Crippen molar-refractivity contribution < 1.29 is 9.90 Å². The average Bonchev–Trinajstić information content (AvgIpc) is 3.16. The third kappa shape index (κ3) is 2.75. The second-order valence-electron chi connectivity index (χ2n) is 6.35. The zero-order valence-corrected chi connectivity index (χ0v) is 12.0. The molecule has 1 heterocycles. The molecule has 0 radical (unpaired) electrons. The summed E-state index contributed by atoms with van der Waals surface area (Å²) in [5, 5.41) is 13.2. The van der Waals surface area contributed by atoms with Gasteiger partial charge in [-0.2, -0.15) is 0 Å². The van der Waals surface area contributed by atoms with Crippen molar-refractivity contribution in [3.05, 3.63) is 24.0 Å². The van der Waals surface area contributed by atoms with Crippen LogP contribution in [-0.4, -0.2) is 27.7 Å². The van der Waals surface area contributed by atoms with Gasteiger partial charge in [0, 0.05) is 18.8 Å². The van der Waals surface area contributed by atoms with E-state index in [1.165, 1.54) is 25.7 Å². The van der Waals surface area contributed by atoms with Gasteiger partial charge in [0.1, 0.15) is 5.69 Å². The molecule has 0 atom stereocenters.